The molecule has 1 atom stereocenters. The number of benzene rings is 1. The van der Waals surface area contributed by atoms with E-state index in [1.807, 2.05) is 24.3 Å². The third-order valence-electron chi connectivity index (χ3n) is 6.33. The van der Waals surface area contributed by atoms with Gasteiger partial charge in [-0.25, -0.2) is 9.97 Å². The highest BCUT2D eigenvalue weighted by molar-refractivity contribution is 5.73. The fraction of sp³-hybridized carbons (Fsp3) is 0.385. The van der Waals surface area contributed by atoms with Crippen molar-refractivity contribution in [3.05, 3.63) is 65.6 Å². The number of fused-ring (bicyclic) bond motifs is 1. The van der Waals surface area contributed by atoms with Crippen LogP contribution in [0.25, 0.3) is 11.3 Å². The number of ether oxygens (including phenoxy) is 1. The average molecular weight is 459 g/mol. The topological polar surface area (TPSA) is 92.3 Å². The quantitative estimate of drug-likeness (QED) is 0.584. The number of hydrogen-bond acceptors (Lipinski definition) is 7. The molecule has 1 aliphatic carbocycles. The van der Waals surface area contributed by atoms with Gasteiger partial charge in [-0.2, -0.15) is 0 Å². The molecule has 0 radical (unpaired) electrons. The molecule has 1 aliphatic heterocycles. The summed E-state index contributed by atoms with van der Waals surface area (Å²) >= 11 is 0. The molecule has 1 aromatic carbocycles. The highest BCUT2D eigenvalue weighted by Crippen LogP contribution is 2.37. The lowest BCUT2D eigenvalue weighted by atomic mass is 9.88. The minimum Gasteiger partial charge on any atom is -0.378 e. The lowest BCUT2D eigenvalue weighted by Crippen LogP contribution is -2.38. The number of nitrogens with one attached hydrogen (secondary N) is 2. The molecule has 0 saturated carbocycles. The van der Waals surface area contributed by atoms with E-state index in [9.17, 15) is 4.79 Å². The van der Waals surface area contributed by atoms with Crippen LogP contribution in [0.15, 0.2) is 48.8 Å². The molecule has 2 aliphatic rings. The Hall–Kier alpha value is -3.52. The second-order valence-electron chi connectivity index (χ2n) is 8.77. The maximum atomic E-state index is 11.4. The van der Waals surface area contributed by atoms with Gasteiger partial charge in [-0.15, -0.1) is 0 Å². The second-order valence-corrected chi connectivity index (χ2v) is 8.77. The zero-order valence-electron chi connectivity index (χ0n) is 19.5. The van der Waals surface area contributed by atoms with Gasteiger partial charge in [0.15, 0.2) is 0 Å². The lowest BCUT2D eigenvalue weighted by Gasteiger charge is -2.32. The van der Waals surface area contributed by atoms with Crippen LogP contribution in [0.4, 0.5) is 11.6 Å². The van der Waals surface area contributed by atoms with Gasteiger partial charge in [0.05, 0.1) is 30.6 Å². The molecule has 0 spiro atoms. The summed E-state index contributed by atoms with van der Waals surface area (Å²) < 4.78 is 5.56. The monoisotopic (exact) mass is 458 g/mol. The van der Waals surface area contributed by atoms with Crippen molar-refractivity contribution >= 4 is 17.5 Å². The van der Waals surface area contributed by atoms with Crippen LogP contribution >= 0.6 is 0 Å². The Kier molecular flexibility index (Phi) is 6.67. The van der Waals surface area contributed by atoms with Crippen LogP contribution in [-0.4, -0.2) is 47.2 Å². The Morgan fingerprint density at radius 3 is 2.76 bits per heavy atom. The second kappa shape index (κ2) is 10.2. The first-order valence-electron chi connectivity index (χ1n) is 11.9. The SMILES string of the molecule is CC(=O)NCc1cccc(-c2nc(N3CCOCC3)nc3c2CCCC3Nc2ccncc2)c1. The fourth-order valence-corrected chi connectivity index (χ4v) is 4.63. The molecule has 8 heteroatoms. The maximum absolute atomic E-state index is 11.4. The van der Waals surface area contributed by atoms with Gasteiger partial charge >= 0.3 is 0 Å². The Bertz CT molecular complexity index is 1150. The lowest BCUT2D eigenvalue weighted by molar-refractivity contribution is -0.119. The van der Waals surface area contributed by atoms with Crippen molar-refractivity contribution in [2.24, 2.45) is 0 Å². The maximum Gasteiger partial charge on any atom is 0.226 e. The Morgan fingerprint density at radius 1 is 1.15 bits per heavy atom. The number of aromatic nitrogens is 3. The van der Waals surface area contributed by atoms with Crippen LogP contribution in [0.1, 0.15) is 42.6 Å². The fourth-order valence-electron chi connectivity index (χ4n) is 4.63. The van der Waals surface area contributed by atoms with Crippen molar-refractivity contribution in [2.75, 3.05) is 36.5 Å². The van der Waals surface area contributed by atoms with Gasteiger partial charge in [-0.3, -0.25) is 9.78 Å². The first-order chi connectivity index (χ1) is 16.7. The predicted octanol–water partition coefficient (Wildman–Crippen LogP) is 3.50. The standard InChI is InChI=1S/C26H30N6O2/c1-18(33)28-17-19-4-2-5-20(16-19)24-22-6-3-7-23(29-21-8-10-27-11-9-21)25(22)31-26(30-24)32-12-14-34-15-13-32/h2,4-5,8-11,16,23H,3,6-7,12-15,17H2,1H3,(H,27,29)(H,28,33). The van der Waals surface area contributed by atoms with Crippen LogP contribution in [0.5, 0.6) is 0 Å². The molecule has 0 bridgehead atoms. The number of rotatable bonds is 6. The van der Waals surface area contributed by atoms with Gasteiger partial charge in [-0.1, -0.05) is 18.2 Å². The van der Waals surface area contributed by atoms with Crippen molar-refractivity contribution in [3.8, 4) is 11.3 Å². The predicted molar refractivity (Wildman–Crippen MR) is 132 cm³/mol. The van der Waals surface area contributed by atoms with E-state index in [-0.39, 0.29) is 11.9 Å². The molecule has 1 saturated heterocycles. The van der Waals surface area contributed by atoms with E-state index in [0.29, 0.717) is 19.8 Å². The highest BCUT2D eigenvalue weighted by atomic mass is 16.5. The number of hydrogen-bond donors (Lipinski definition) is 2. The summed E-state index contributed by atoms with van der Waals surface area (Å²) in [5, 5.41) is 6.56. The first-order valence-corrected chi connectivity index (χ1v) is 11.9. The van der Waals surface area contributed by atoms with Gasteiger partial charge in [0.2, 0.25) is 11.9 Å². The van der Waals surface area contributed by atoms with Gasteiger partial charge < -0.3 is 20.3 Å². The van der Waals surface area contributed by atoms with Crippen molar-refractivity contribution in [2.45, 2.75) is 38.8 Å². The summed E-state index contributed by atoms with van der Waals surface area (Å²) in [5.41, 5.74) is 6.40. The first kappa shape index (κ1) is 22.3. The minimum absolute atomic E-state index is 0.0375. The van der Waals surface area contributed by atoms with Crippen LogP contribution in [0.3, 0.4) is 0 Å². The van der Waals surface area contributed by atoms with E-state index in [0.717, 1.165) is 66.5 Å². The molecule has 5 rings (SSSR count). The van der Waals surface area contributed by atoms with Crippen LogP contribution < -0.4 is 15.5 Å². The summed E-state index contributed by atoms with van der Waals surface area (Å²) in [5.74, 6) is 0.720. The molecule has 1 fully saturated rings. The number of amides is 1. The number of morpholine rings is 1. The zero-order chi connectivity index (χ0) is 23.3. The van der Waals surface area contributed by atoms with E-state index in [1.165, 1.54) is 12.5 Å². The third-order valence-corrected chi connectivity index (χ3v) is 6.33. The van der Waals surface area contributed by atoms with E-state index in [2.05, 4.69) is 32.7 Å². The van der Waals surface area contributed by atoms with Crippen LogP contribution in [-0.2, 0) is 22.5 Å². The number of carbonyl (C=O) groups is 1. The molecular formula is C26H30N6O2. The van der Waals surface area contributed by atoms with E-state index >= 15 is 0 Å². The number of carbonyl (C=O) groups excluding carboxylic acids is 1. The molecule has 176 valence electrons. The molecule has 1 amide bonds. The number of anilines is 2. The highest BCUT2D eigenvalue weighted by Gasteiger charge is 2.28. The van der Waals surface area contributed by atoms with Crippen molar-refractivity contribution in [1.29, 1.82) is 0 Å². The normalized spacial score (nSPS) is 17.7. The molecular weight excluding hydrogens is 428 g/mol. The van der Waals surface area contributed by atoms with Crippen molar-refractivity contribution in [1.82, 2.24) is 20.3 Å². The summed E-state index contributed by atoms with van der Waals surface area (Å²) in [4.78, 5) is 28.0. The van der Waals surface area contributed by atoms with Gasteiger partial charge in [0.1, 0.15) is 0 Å². The summed E-state index contributed by atoms with van der Waals surface area (Å²) in [6.07, 6.45) is 6.62. The smallest absolute Gasteiger partial charge is 0.226 e. The molecule has 3 heterocycles. The van der Waals surface area contributed by atoms with E-state index in [1.54, 1.807) is 12.4 Å². The number of nitrogens with zero attached hydrogens (tertiary/aromatic N) is 4. The Morgan fingerprint density at radius 2 is 1.97 bits per heavy atom. The van der Waals surface area contributed by atoms with E-state index in [4.69, 9.17) is 14.7 Å². The van der Waals surface area contributed by atoms with Crippen LogP contribution in [0, 0.1) is 0 Å². The molecule has 1 unspecified atom stereocenters. The molecule has 34 heavy (non-hydrogen) atoms. The molecule has 3 aromatic rings. The van der Waals surface area contributed by atoms with Gasteiger partial charge in [-0.05, 0) is 43.0 Å². The zero-order valence-corrected chi connectivity index (χ0v) is 19.5. The largest absolute Gasteiger partial charge is 0.378 e. The van der Waals surface area contributed by atoms with E-state index < -0.39 is 0 Å². The number of pyridine rings is 1. The molecule has 2 N–H and O–H groups in total. The summed E-state index contributed by atoms with van der Waals surface area (Å²) in [7, 11) is 0. The van der Waals surface area contributed by atoms with Crippen molar-refractivity contribution < 1.29 is 9.53 Å². The van der Waals surface area contributed by atoms with Gasteiger partial charge in [0.25, 0.3) is 0 Å². The molecule has 2 aromatic heterocycles. The molecule has 8 nitrogen and oxygen atoms in total. The summed E-state index contributed by atoms with van der Waals surface area (Å²) in [6, 6.07) is 12.4. The third kappa shape index (κ3) is 5.02. The Labute approximate surface area is 199 Å². The van der Waals surface area contributed by atoms with Crippen LogP contribution in [0.2, 0.25) is 0 Å². The Balaban J connectivity index is 1.56. The summed E-state index contributed by atoms with van der Waals surface area (Å²) in [6.45, 7) is 4.96. The average Bonchev–Trinajstić information content (AvgIpc) is 2.88. The van der Waals surface area contributed by atoms with Crippen molar-refractivity contribution in [3.63, 3.8) is 0 Å². The minimum atomic E-state index is -0.0375. The van der Waals surface area contributed by atoms with Gasteiger partial charge in [0, 0.05) is 55.8 Å².